The monoisotopic (exact) mass is 431 g/mol. The van der Waals surface area contributed by atoms with E-state index in [4.69, 9.17) is 10.7 Å². The molecule has 5 rings (SSSR count). The molecule has 4 aromatic rings. The Kier molecular flexibility index (Phi) is 5.48. The van der Waals surface area contributed by atoms with Crippen molar-refractivity contribution in [1.82, 2.24) is 19.9 Å². The largest absolute Gasteiger partial charge is 0.368 e. The van der Waals surface area contributed by atoms with E-state index in [2.05, 4.69) is 50.3 Å². The second-order valence-corrected chi connectivity index (χ2v) is 8.79. The number of nitrogens with zero attached hydrogens (tertiary/aromatic N) is 5. The number of rotatable bonds is 5. The Hall–Kier alpha value is -3.10. The van der Waals surface area contributed by atoms with E-state index in [0.717, 1.165) is 64.6 Å². The van der Waals surface area contributed by atoms with Gasteiger partial charge in [0.1, 0.15) is 5.52 Å². The molecule has 0 amide bonds. The van der Waals surface area contributed by atoms with Crippen LogP contribution in [-0.4, -0.2) is 39.1 Å². The van der Waals surface area contributed by atoms with Crippen LogP contribution >= 0.6 is 11.3 Å². The summed E-state index contributed by atoms with van der Waals surface area (Å²) in [5.74, 6) is 0.650. The minimum Gasteiger partial charge on any atom is -0.368 e. The Morgan fingerprint density at radius 3 is 2.87 bits per heavy atom. The summed E-state index contributed by atoms with van der Waals surface area (Å²) in [6.07, 6.45) is 10.3. The minimum atomic E-state index is 0.205. The first-order chi connectivity index (χ1) is 15.2. The van der Waals surface area contributed by atoms with Crippen LogP contribution in [0.4, 0.5) is 17.1 Å². The third-order valence-electron chi connectivity index (χ3n) is 5.64. The van der Waals surface area contributed by atoms with E-state index in [1.54, 1.807) is 23.7 Å². The fourth-order valence-electron chi connectivity index (χ4n) is 4.10. The lowest BCUT2D eigenvalue weighted by Gasteiger charge is -2.34. The topological polar surface area (TPSA) is 92.8 Å². The predicted octanol–water partition coefficient (Wildman–Crippen LogP) is 4.38. The summed E-state index contributed by atoms with van der Waals surface area (Å²) in [5, 5.41) is 4.49. The third kappa shape index (κ3) is 3.96. The number of aryl methyl sites for hydroxylation is 1. The van der Waals surface area contributed by atoms with E-state index in [1.165, 1.54) is 5.56 Å². The molecule has 0 bridgehead atoms. The van der Waals surface area contributed by atoms with Crippen LogP contribution in [0.25, 0.3) is 21.0 Å². The Labute approximate surface area is 185 Å². The van der Waals surface area contributed by atoms with Crippen molar-refractivity contribution in [3.8, 4) is 10.8 Å². The first-order valence-corrected chi connectivity index (χ1v) is 11.5. The van der Waals surface area contributed by atoms with Gasteiger partial charge in [-0.25, -0.2) is 15.0 Å². The summed E-state index contributed by atoms with van der Waals surface area (Å²) in [5.41, 5.74) is 11.5. The van der Waals surface area contributed by atoms with Gasteiger partial charge in [0, 0.05) is 37.7 Å². The zero-order valence-electron chi connectivity index (χ0n) is 17.5. The van der Waals surface area contributed by atoms with Gasteiger partial charge < -0.3 is 16.0 Å². The highest BCUT2D eigenvalue weighted by molar-refractivity contribution is 7.21. The van der Waals surface area contributed by atoms with Gasteiger partial charge in [-0.15, -0.1) is 11.3 Å². The number of benzene rings is 1. The van der Waals surface area contributed by atoms with Crippen LogP contribution in [-0.2, 0) is 6.42 Å². The molecule has 1 saturated heterocycles. The molecule has 3 aromatic heterocycles. The number of anilines is 3. The van der Waals surface area contributed by atoms with Gasteiger partial charge in [0.2, 0.25) is 0 Å². The van der Waals surface area contributed by atoms with Crippen molar-refractivity contribution in [2.24, 2.45) is 5.73 Å². The molecule has 1 aliphatic heterocycles. The lowest BCUT2D eigenvalue weighted by atomic mass is 10.1. The molecule has 1 aromatic carbocycles. The van der Waals surface area contributed by atoms with E-state index < -0.39 is 0 Å². The molecule has 0 saturated carbocycles. The van der Waals surface area contributed by atoms with Crippen molar-refractivity contribution < 1.29 is 0 Å². The highest BCUT2D eigenvalue weighted by Gasteiger charge is 2.21. The zero-order chi connectivity index (χ0) is 21.2. The van der Waals surface area contributed by atoms with Crippen molar-refractivity contribution in [3.05, 3.63) is 54.6 Å². The molecular weight excluding hydrogens is 406 g/mol. The summed E-state index contributed by atoms with van der Waals surface area (Å²) in [4.78, 5) is 20.4. The summed E-state index contributed by atoms with van der Waals surface area (Å²) in [6.45, 7) is 4.02. The molecule has 0 radical (unpaired) electrons. The average Bonchev–Trinajstić information content (AvgIpc) is 3.25. The molecule has 3 N–H and O–H groups in total. The van der Waals surface area contributed by atoms with Gasteiger partial charge in [-0.2, -0.15) is 0 Å². The summed E-state index contributed by atoms with van der Waals surface area (Å²) in [7, 11) is 0. The summed E-state index contributed by atoms with van der Waals surface area (Å²) >= 11 is 1.61. The van der Waals surface area contributed by atoms with Gasteiger partial charge >= 0.3 is 0 Å². The maximum Gasteiger partial charge on any atom is 0.188 e. The lowest BCUT2D eigenvalue weighted by molar-refractivity contribution is 0.506. The van der Waals surface area contributed by atoms with Gasteiger partial charge in [-0.3, -0.25) is 4.98 Å². The van der Waals surface area contributed by atoms with E-state index in [9.17, 15) is 0 Å². The fourth-order valence-corrected chi connectivity index (χ4v) is 5.02. The molecule has 4 heterocycles. The molecule has 0 spiro atoms. The minimum absolute atomic E-state index is 0.205. The first-order valence-electron chi connectivity index (χ1n) is 10.6. The summed E-state index contributed by atoms with van der Waals surface area (Å²) < 4.78 is 1.10. The maximum atomic E-state index is 6.25. The number of fused-ring (bicyclic) bond motifs is 1. The smallest absolute Gasteiger partial charge is 0.188 e. The standard InChI is InChI=1S/C23H25N7S/c1-2-15-6-7-19-21(29-23(31-19)22-26-9-4-10-27-22)20(15)28-17-13-25-11-8-18(17)30-12-3-5-16(24)14-30/h4,6-11,13,16,28H,2-3,5,12,14,24H2,1H3/t16-/m0/s1. The fraction of sp³-hybridized carbons (Fsp3) is 0.304. The number of aromatic nitrogens is 4. The normalized spacial score (nSPS) is 16.6. The number of pyridine rings is 1. The SMILES string of the molecule is CCc1ccc2sc(-c3ncccn3)nc2c1Nc1cnccc1N1CCC[C@H](N)C1. The quantitative estimate of drug-likeness (QED) is 0.484. The van der Waals surface area contributed by atoms with Crippen LogP contribution in [0.5, 0.6) is 0 Å². The van der Waals surface area contributed by atoms with Crippen molar-refractivity contribution in [3.63, 3.8) is 0 Å². The molecule has 1 fully saturated rings. The van der Waals surface area contributed by atoms with Crippen molar-refractivity contribution >= 4 is 38.6 Å². The van der Waals surface area contributed by atoms with Crippen LogP contribution in [0.15, 0.2) is 49.1 Å². The Morgan fingerprint density at radius 2 is 2.06 bits per heavy atom. The van der Waals surface area contributed by atoms with Gasteiger partial charge in [0.05, 0.1) is 28.0 Å². The zero-order valence-corrected chi connectivity index (χ0v) is 18.3. The van der Waals surface area contributed by atoms with Crippen LogP contribution < -0.4 is 16.0 Å². The molecule has 0 unspecified atom stereocenters. The number of hydrogen-bond donors (Lipinski definition) is 2. The van der Waals surface area contributed by atoms with Crippen LogP contribution in [0.3, 0.4) is 0 Å². The molecule has 31 heavy (non-hydrogen) atoms. The van der Waals surface area contributed by atoms with Crippen LogP contribution in [0.2, 0.25) is 0 Å². The molecule has 0 aliphatic carbocycles. The molecule has 7 nitrogen and oxygen atoms in total. The molecule has 1 aliphatic rings. The molecular formula is C23H25N7S. The summed E-state index contributed by atoms with van der Waals surface area (Å²) in [6, 6.07) is 8.39. The van der Waals surface area contributed by atoms with E-state index in [-0.39, 0.29) is 6.04 Å². The van der Waals surface area contributed by atoms with Crippen LogP contribution in [0.1, 0.15) is 25.3 Å². The number of thiazole rings is 1. The van der Waals surface area contributed by atoms with E-state index in [0.29, 0.717) is 5.82 Å². The lowest BCUT2D eigenvalue weighted by Crippen LogP contribution is -2.43. The third-order valence-corrected chi connectivity index (χ3v) is 6.66. The van der Waals surface area contributed by atoms with Gasteiger partial charge in [-0.05, 0) is 43.0 Å². The first kappa shape index (κ1) is 19.8. The van der Waals surface area contributed by atoms with E-state index >= 15 is 0 Å². The van der Waals surface area contributed by atoms with E-state index in [1.807, 2.05) is 18.5 Å². The second-order valence-electron chi connectivity index (χ2n) is 7.76. The second kappa shape index (κ2) is 8.56. The number of nitrogens with one attached hydrogen (secondary N) is 1. The average molecular weight is 432 g/mol. The Bertz CT molecular complexity index is 1190. The maximum absolute atomic E-state index is 6.25. The van der Waals surface area contributed by atoms with Crippen molar-refractivity contribution in [2.75, 3.05) is 23.3 Å². The van der Waals surface area contributed by atoms with Gasteiger partial charge in [-0.1, -0.05) is 13.0 Å². The predicted molar refractivity (Wildman–Crippen MR) is 127 cm³/mol. The Balaban J connectivity index is 1.57. The van der Waals surface area contributed by atoms with Gasteiger partial charge in [0.15, 0.2) is 10.8 Å². The van der Waals surface area contributed by atoms with Crippen LogP contribution in [0, 0.1) is 0 Å². The highest BCUT2D eigenvalue weighted by Crippen LogP contribution is 2.38. The Morgan fingerprint density at radius 1 is 1.19 bits per heavy atom. The molecule has 158 valence electrons. The van der Waals surface area contributed by atoms with Gasteiger partial charge in [0.25, 0.3) is 0 Å². The van der Waals surface area contributed by atoms with Crippen molar-refractivity contribution in [1.29, 1.82) is 0 Å². The highest BCUT2D eigenvalue weighted by atomic mass is 32.1. The molecule has 8 heteroatoms. The number of hydrogen-bond acceptors (Lipinski definition) is 8. The molecule has 1 atom stereocenters. The number of nitrogens with two attached hydrogens (primary N) is 1. The van der Waals surface area contributed by atoms with Crippen molar-refractivity contribution in [2.45, 2.75) is 32.2 Å². The number of piperidine rings is 1.